The van der Waals surface area contributed by atoms with Crippen LogP contribution in [0.2, 0.25) is 0 Å². The van der Waals surface area contributed by atoms with Gasteiger partial charge in [0.1, 0.15) is 30.2 Å². The Bertz CT molecular complexity index is 1620. The van der Waals surface area contributed by atoms with Crippen molar-refractivity contribution in [2.45, 2.75) is 37.0 Å². The molecule has 3 fully saturated rings. The number of aliphatic hydroxyl groups excluding tert-OH is 1. The van der Waals surface area contributed by atoms with Crippen LogP contribution in [0.25, 0.3) is 22.3 Å². The summed E-state index contributed by atoms with van der Waals surface area (Å²) in [5.74, 6) is 0.0820. The first-order valence-corrected chi connectivity index (χ1v) is 14.9. The summed E-state index contributed by atoms with van der Waals surface area (Å²) >= 11 is 0. The van der Waals surface area contributed by atoms with Crippen LogP contribution in [0.15, 0.2) is 30.1 Å². The Morgan fingerprint density at radius 2 is 1.71 bits per heavy atom. The fraction of sp³-hybridized carbons (Fsp3) is 0.524. The number of rotatable bonds is 2. The number of ether oxygens (including phenoxy) is 1. The van der Waals surface area contributed by atoms with E-state index in [-0.39, 0.29) is 54.7 Å². The molecule has 0 radical (unpaired) electrons. The van der Waals surface area contributed by atoms with Gasteiger partial charge in [0, 0.05) is 12.0 Å². The Morgan fingerprint density at radius 1 is 0.951 bits per heavy atom. The number of fused-ring (bicyclic) bond motifs is 4. The molecule has 0 spiro atoms. The highest BCUT2D eigenvalue weighted by atomic mass is 31.2. The minimum atomic E-state index is -2.43. The predicted octanol–water partition coefficient (Wildman–Crippen LogP) is -0.136. The van der Waals surface area contributed by atoms with E-state index < -0.39 is 47.3 Å². The Kier molecular flexibility index (Phi) is 7.15. The molecular weight excluding hydrogens is 584 g/mol. The van der Waals surface area contributed by atoms with Crippen molar-refractivity contribution in [3.8, 4) is 0 Å². The van der Waals surface area contributed by atoms with Gasteiger partial charge in [-0.25, -0.2) is 24.9 Å². The number of nitrogen functional groups attached to an aromatic ring is 1. The van der Waals surface area contributed by atoms with Gasteiger partial charge in [0.25, 0.3) is 5.56 Å². The van der Waals surface area contributed by atoms with E-state index in [0.717, 1.165) is 0 Å². The van der Waals surface area contributed by atoms with Crippen LogP contribution in [0.4, 0.5) is 5.82 Å². The second-order valence-corrected chi connectivity index (χ2v) is 11.8. The third-order valence-corrected chi connectivity index (χ3v) is 9.21. The number of nitrogens with one attached hydrogen (secondary N) is 1. The van der Waals surface area contributed by atoms with Crippen molar-refractivity contribution >= 4 is 45.4 Å². The number of hydrogen-bond acceptors (Lipinski definition) is 15. The summed E-state index contributed by atoms with van der Waals surface area (Å²) in [6.45, 7) is 0.0359. The first-order chi connectivity index (χ1) is 19.9. The van der Waals surface area contributed by atoms with E-state index in [1.54, 1.807) is 6.33 Å². The lowest BCUT2D eigenvalue weighted by Gasteiger charge is -2.45. The monoisotopic (exact) mass is 609 g/mol. The second-order valence-electron chi connectivity index (χ2n) is 9.85. The SMILES string of the molecule is Nc1ncnc2c1ncn2[C@@H]1C[C@@H]2COP(O)O[C@H]3[C@@H](O)[C@H](n4cnc5c(=O)[nH]cnc54)O[C@@H]3COP(O)OC[C@H]21. The van der Waals surface area contributed by atoms with Crippen molar-refractivity contribution in [3.63, 3.8) is 0 Å². The third kappa shape index (κ3) is 4.79. The Labute approximate surface area is 232 Å². The number of H-pyrrole nitrogens is 1. The normalized spacial score (nSPS) is 34.8. The number of anilines is 1. The molecule has 20 heteroatoms. The van der Waals surface area contributed by atoms with Gasteiger partial charge in [-0.2, -0.15) is 0 Å². The van der Waals surface area contributed by atoms with Crippen molar-refractivity contribution in [3.05, 3.63) is 35.7 Å². The smallest absolute Gasteiger partial charge is 0.330 e. The van der Waals surface area contributed by atoms with Crippen LogP contribution in [0.1, 0.15) is 18.7 Å². The summed E-state index contributed by atoms with van der Waals surface area (Å²) in [4.78, 5) is 56.5. The second kappa shape index (κ2) is 10.8. The fourth-order valence-electron chi connectivity index (χ4n) is 5.53. The molecular formula is C21H25N9O9P2. The van der Waals surface area contributed by atoms with Crippen LogP contribution < -0.4 is 11.3 Å². The van der Waals surface area contributed by atoms with Crippen molar-refractivity contribution in [2.75, 3.05) is 25.6 Å². The van der Waals surface area contributed by atoms with Gasteiger partial charge in [-0.3, -0.25) is 9.36 Å². The Balaban J connectivity index is 1.09. The van der Waals surface area contributed by atoms with E-state index in [2.05, 4.69) is 29.9 Å². The first kappa shape index (κ1) is 27.1. The maximum atomic E-state index is 12.1. The maximum Gasteiger partial charge on any atom is 0.330 e. The average Bonchev–Trinajstić information content (AvgIpc) is 3.64. The zero-order valence-electron chi connectivity index (χ0n) is 21.1. The molecule has 41 heavy (non-hydrogen) atoms. The summed E-state index contributed by atoms with van der Waals surface area (Å²) in [7, 11) is -4.75. The molecule has 6 N–H and O–H groups in total. The summed E-state index contributed by atoms with van der Waals surface area (Å²) in [5, 5.41) is 11.1. The lowest BCUT2D eigenvalue weighted by molar-refractivity contribution is -0.0493. The maximum absolute atomic E-state index is 12.1. The highest BCUT2D eigenvalue weighted by Gasteiger charge is 2.49. The van der Waals surface area contributed by atoms with Crippen LogP contribution in [0, 0.1) is 11.8 Å². The van der Waals surface area contributed by atoms with Crippen LogP contribution in [-0.4, -0.2) is 92.1 Å². The van der Waals surface area contributed by atoms with Gasteiger partial charge in [-0.1, -0.05) is 0 Å². The zero-order valence-corrected chi connectivity index (χ0v) is 22.9. The molecule has 0 bridgehead atoms. The fourth-order valence-corrected chi connectivity index (χ4v) is 7.03. The summed E-state index contributed by atoms with van der Waals surface area (Å²) < 4.78 is 32.0. The number of nitrogens with two attached hydrogens (primary N) is 1. The average molecular weight is 609 g/mol. The molecule has 2 saturated heterocycles. The molecule has 7 rings (SSSR count). The Hall–Kier alpha value is -2.76. The highest BCUT2D eigenvalue weighted by Crippen LogP contribution is 2.51. The van der Waals surface area contributed by atoms with E-state index in [1.165, 1.54) is 23.5 Å². The van der Waals surface area contributed by atoms with Gasteiger partial charge in [0.05, 0.1) is 38.8 Å². The largest absolute Gasteiger partial charge is 0.386 e. The molecule has 1 saturated carbocycles. The standard InChI is InChI=1S/C21H25N9O9P2/c22-17-13-18(24-5-23-17)29(7-27-13)11-1-9-2-35-41(34)39-16-12(4-37-40(33)36-3-10(9)11)38-21(15(16)31)30-8-28-14-19(30)25-6-26-20(14)32/h5-12,15-16,21,31,33-34H,1-4H2,(H2,22,23,24)(H,25,26,32)/t9-,10-,11-,12-,15-,16-,21-,40?,41?/m1/s1. The van der Waals surface area contributed by atoms with Crippen LogP contribution >= 0.6 is 17.2 Å². The number of imidazole rings is 2. The van der Waals surface area contributed by atoms with Gasteiger partial charge in [0.15, 0.2) is 28.9 Å². The van der Waals surface area contributed by atoms with E-state index in [0.29, 0.717) is 17.6 Å². The molecule has 3 aliphatic rings. The number of nitrogens with zero attached hydrogens (tertiary/aromatic N) is 7. The van der Waals surface area contributed by atoms with E-state index in [4.69, 9.17) is 28.6 Å². The van der Waals surface area contributed by atoms with Crippen LogP contribution in [0.3, 0.4) is 0 Å². The predicted molar refractivity (Wildman–Crippen MR) is 139 cm³/mol. The lowest BCUT2D eigenvalue weighted by Crippen LogP contribution is -2.43. The van der Waals surface area contributed by atoms with Crippen molar-refractivity contribution in [1.29, 1.82) is 0 Å². The van der Waals surface area contributed by atoms with Gasteiger partial charge < -0.3 is 53.0 Å². The number of hydrogen-bond donors (Lipinski definition) is 5. The quantitative estimate of drug-likeness (QED) is 0.186. The molecule has 2 unspecified atom stereocenters. The number of aromatic nitrogens is 8. The molecule has 4 aromatic rings. The molecule has 6 heterocycles. The minimum absolute atomic E-state index is 0.0590. The molecule has 1 aliphatic carbocycles. The summed E-state index contributed by atoms with van der Waals surface area (Å²) in [6, 6.07) is -0.0848. The lowest BCUT2D eigenvalue weighted by atomic mass is 9.70. The van der Waals surface area contributed by atoms with Crippen LogP contribution in [-0.2, 0) is 22.8 Å². The zero-order chi connectivity index (χ0) is 28.2. The van der Waals surface area contributed by atoms with Crippen molar-refractivity contribution < 1.29 is 37.7 Å². The topological polar surface area (TPSA) is 240 Å². The summed E-state index contributed by atoms with van der Waals surface area (Å²) in [5.41, 5.74) is 6.81. The van der Waals surface area contributed by atoms with E-state index in [9.17, 15) is 19.7 Å². The van der Waals surface area contributed by atoms with Gasteiger partial charge in [-0.05, 0) is 12.3 Å². The third-order valence-electron chi connectivity index (χ3n) is 7.67. The molecule has 0 aromatic carbocycles. The van der Waals surface area contributed by atoms with Crippen molar-refractivity contribution in [1.82, 2.24) is 39.0 Å². The minimum Gasteiger partial charge on any atom is -0.386 e. The molecule has 4 aromatic heterocycles. The van der Waals surface area contributed by atoms with Crippen LogP contribution in [0.5, 0.6) is 0 Å². The van der Waals surface area contributed by atoms with E-state index >= 15 is 0 Å². The Morgan fingerprint density at radius 3 is 2.59 bits per heavy atom. The summed E-state index contributed by atoms with van der Waals surface area (Å²) in [6.07, 6.45) is 1.74. The van der Waals surface area contributed by atoms with Crippen molar-refractivity contribution in [2.24, 2.45) is 11.8 Å². The molecule has 9 atom stereocenters. The van der Waals surface area contributed by atoms with Gasteiger partial charge in [0.2, 0.25) is 0 Å². The molecule has 18 nitrogen and oxygen atoms in total. The molecule has 218 valence electrons. The van der Waals surface area contributed by atoms with E-state index in [1.807, 2.05) is 4.57 Å². The molecule has 2 aliphatic heterocycles. The number of aliphatic hydroxyl groups is 1. The van der Waals surface area contributed by atoms with Gasteiger partial charge >= 0.3 is 17.2 Å². The molecule has 0 amide bonds. The number of aromatic amines is 1. The first-order valence-electron chi connectivity index (χ1n) is 12.6. The highest BCUT2D eigenvalue weighted by molar-refractivity contribution is 7.40. The van der Waals surface area contributed by atoms with Gasteiger partial charge in [-0.15, -0.1) is 0 Å².